The Morgan fingerprint density at radius 3 is 2.50 bits per heavy atom. The van der Waals surface area contributed by atoms with E-state index in [0.29, 0.717) is 6.61 Å². The molecule has 0 radical (unpaired) electrons. The van der Waals surface area contributed by atoms with Crippen molar-refractivity contribution < 1.29 is 22.6 Å². The van der Waals surface area contributed by atoms with Crippen molar-refractivity contribution in [2.24, 2.45) is 5.73 Å². The van der Waals surface area contributed by atoms with E-state index < -0.39 is 11.7 Å². The van der Waals surface area contributed by atoms with Gasteiger partial charge in [0.05, 0.1) is 12.2 Å². The van der Waals surface area contributed by atoms with E-state index in [9.17, 15) is 13.2 Å². The zero-order valence-electron chi connectivity index (χ0n) is 10.3. The van der Waals surface area contributed by atoms with Gasteiger partial charge in [-0.05, 0) is 24.6 Å². The van der Waals surface area contributed by atoms with Crippen LogP contribution < -0.4 is 10.5 Å². The lowest BCUT2D eigenvalue weighted by Gasteiger charge is -2.17. The molecule has 1 aromatic rings. The fraction of sp³-hybridized carbons (Fsp3) is 0.500. The zero-order chi connectivity index (χ0) is 13.8. The second kappa shape index (κ2) is 6.06. The minimum absolute atomic E-state index is 0.0502. The summed E-state index contributed by atoms with van der Waals surface area (Å²) in [7, 11) is 1.50. The maximum atomic E-state index is 12.8. The molecule has 0 saturated carbocycles. The smallest absolute Gasteiger partial charge is 0.416 e. The number of hydrogen-bond donors (Lipinski definition) is 1. The Hall–Kier alpha value is -1.27. The van der Waals surface area contributed by atoms with Gasteiger partial charge in [0.1, 0.15) is 11.9 Å². The van der Waals surface area contributed by atoms with E-state index in [-0.39, 0.29) is 24.0 Å². The second-order valence-electron chi connectivity index (χ2n) is 3.90. The molecule has 0 heterocycles. The molecule has 0 bridgehead atoms. The van der Waals surface area contributed by atoms with Crippen molar-refractivity contribution in [2.75, 3.05) is 13.7 Å². The van der Waals surface area contributed by atoms with E-state index in [1.54, 1.807) is 6.92 Å². The molecule has 1 aromatic carbocycles. The number of nitrogens with two attached hydrogens (primary N) is 1. The Morgan fingerprint density at radius 2 is 2.00 bits per heavy atom. The van der Waals surface area contributed by atoms with Gasteiger partial charge in [0, 0.05) is 13.7 Å². The van der Waals surface area contributed by atoms with Gasteiger partial charge in [0.2, 0.25) is 0 Å². The molecule has 3 nitrogen and oxygen atoms in total. The molecule has 0 fully saturated rings. The first-order valence-corrected chi connectivity index (χ1v) is 5.44. The average Bonchev–Trinajstić information content (AvgIpc) is 2.28. The van der Waals surface area contributed by atoms with Crippen LogP contribution in [-0.4, -0.2) is 19.8 Å². The molecule has 1 unspecified atom stereocenters. The predicted molar refractivity (Wildman–Crippen MR) is 61.3 cm³/mol. The van der Waals surface area contributed by atoms with Gasteiger partial charge in [-0.15, -0.1) is 0 Å². The summed E-state index contributed by atoms with van der Waals surface area (Å²) in [6.45, 7) is 1.86. The van der Waals surface area contributed by atoms with Crippen LogP contribution in [0.15, 0.2) is 18.2 Å². The molecular weight excluding hydrogens is 247 g/mol. The van der Waals surface area contributed by atoms with E-state index in [2.05, 4.69) is 0 Å². The summed E-state index contributed by atoms with van der Waals surface area (Å²) in [5.41, 5.74) is 4.58. The Labute approximate surface area is 104 Å². The first-order valence-electron chi connectivity index (χ1n) is 5.44. The van der Waals surface area contributed by atoms with E-state index in [1.807, 2.05) is 0 Å². The molecule has 1 atom stereocenters. The molecule has 0 spiro atoms. The number of alkyl halides is 3. The first-order chi connectivity index (χ1) is 8.38. The van der Waals surface area contributed by atoms with Gasteiger partial charge in [0.25, 0.3) is 0 Å². The van der Waals surface area contributed by atoms with Crippen LogP contribution in [0.2, 0.25) is 0 Å². The maximum Gasteiger partial charge on any atom is 0.416 e. The van der Waals surface area contributed by atoms with Crippen molar-refractivity contribution in [2.45, 2.75) is 25.7 Å². The number of rotatable bonds is 5. The number of ether oxygens (including phenoxy) is 2. The largest absolute Gasteiger partial charge is 0.488 e. The SMILES string of the molecule is COCC(C)Oc1ccc(CN)c(C(F)(F)F)c1. The Morgan fingerprint density at radius 1 is 1.33 bits per heavy atom. The van der Waals surface area contributed by atoms with Crippen LogP contribution in [0, 0.1) is 0 Å². The predicted octanol–water partition coefficient (Wildman–Crippen LogP) is 2.58. The molecule has 0 aliphatic rings. The van der Waals surface area contributed by atoms with Gasteiger partial charge in [-0.1, -0.05) is 6.07 Å². The van der Waals surface area contributed by atoms with E-state index in [0.717, 1.165) is 6.07 Å². The molecule has 6 heteroatoms. The molecule has 0 aromatic heterocycles. The Kier molecular flexibility index (Phi) is 4.98. The summed E-state index contributed by atoms with van der Waals surface area (Å²) >= 11 is 0. The van der Waals surface area contributed by atoms with Crippen LogP contribution >= 0.6 is 0 Å². The molecule has 1 rings (SSSR count). The minimum Gasteiger partial charge on any atom is -0.488 e. The molecule has 0 saturated heterocycles. The molecule has 102 valence electrons. The number of benzene rings is 1. The van der Waals surface area contributed by atoms with Gasteiger partial charge in [-0.3, -0.25) is 0 Å². The second-order valence-corrected chi connectivity index (χ2v) is 3.90. The van der Waals surface area contributed by atoms with Crippen molar-refractivity contribution in [3.8, 4) is 5.75 Å². The third kappa shape index (κ3) is 3.89. The van der Waals surface area contributed by atoms with Gasteiger partial charge < -0.3 is 15.2 Å². The van der Waals surface area contributed by atoms with Crippen molar-refractivity contribution in [1.29, 1.82) is 0 Å². The highest BCUT2D eigenvalue weighted by atomic mass is 19.4. The van der Waals surface area contributed by atoms with Crippen LogP contribution in [0.5, 0.6) is 5.75 Å². The highest BCUT2D eigenvalue weighted by Crippen LogP contribution is 2.34. The first kappa shape index (κ1) is 14.8. The molecule has 0 aliphatic carbocycles. The van der Waals surface area contributed by atoms with E-state index >= 15 is 0 Å². The van der Waals surface area contributed by atoms with Crippen LogP contribution in [-0.2, 0) is 17.5 Å². The van der Waals surface area contributed by atoms with Crippen LogP contribution in [0.3, 0.4) is 0 Å². The van der Waals surface area contributed by atoms with Gasteiger partial charge in [0.15, 0.2) is 0 Å². The van der Waals surface area contributed by atoms with Gasteiger partial charge in [-0.25, -0.2) is 0 Å². The Bertz CT molecular complexity index is 393. The van der Waals surface area contributed by atoms with Crippen LogP contribution in [0.4, 0.5) is 13.2 Å². The van der Waals surface area contributed by atoms with Crippen LogP contribution in [0.1, 0.15) is 18.1 Å². The van der Waals surface area contributed by atoms with Crippen LogP contribution in [0.25, 0.3) is 0 Å². The average molecular weight is 263 g/mol. The van der Waals surface area contributed by atoms with Crippen molar-refractivity contribution in [1.82, 2.24) is 0 Å². The minimum atomic E-state index is -4.43. The highest BCUT2D eigenvalue weighted by molar-refractivity contribution is 5.37. The van der Waals surface area contributed by atoms with E-state index in [4.69, 9.17) is 15.2 Å². The molecule has 0 amide bonds. The van der Waals surface area contributed by atoms with Gasteiger partial charge >= 0.3 is 6.18 Å². The molecular formula is C12H16F3NO2. The summed E-state index contributed by atoms with van der Waals surface area (Å²) in [5, 5.41) is 0. The quantitative estimate of drug-likeness (QED) is 0.888. The molecule has 0 aliphatic heterocycles. The summed E-state index contributed by atoms with van der Waals surface area (Å²) < 4.78 is 48.5. The summed E-state index contributed by atoms with van der Waals surface area (Å²) in [6.07, 6.45) is -4.75. The van der Waals surface area contributed by atoms with Crippen molar-refractivity contribution in [3.05, 3.63) is 29.3 Å². The lowest BCUT2D eigenvalue weighted by molar-refractivity contribution is -0.138. The number of halogens is 3. The zero-order valence-corrected chi connectivity index (χ0v) is 10.3. The lowest BCUT2D eigenvalue weighted by Crippen LogP contribution is -2.19. The molecule has 2 N–H and O–H groups in total. The van der Waals surface area contributed by atoms with Gasteiger partial charge in [-0.2, -0.15) is 13.2 Å². The highest BCUT2D eigenvalue weighted by Gasteiger charge is 2.33. The van der Waals surface area contributed by atoms with Crippen molar-refractivity contribution >= 4 is 0 Å². The summed E-state index contributed by atoms with van der Waals surface area (Å²) in [6, 6.07) is 3.77. The monoisotopic (exact) mass is 263 g/mol. The Balaban J connectivity index is 2.96. The number of methoxy groups -OCH3 is 1. The van der Waals surface area contributed by atoms with E-state index in [1.165, 1.54) is 19.2 Å². The maximum absolute atomic E-state index is 12.8. The summed E-state index contributed by atoms with van der Waals surface area (Å²) in [5.74, 6) is 0.157. The van der Waals surface area contributed by atoms with Crippen molar-refractivity contribution in [3.63, 3.8) is 0 Å². The third-order valence-corrected chi connectivity index (χ3v) is 2.35. The third-order valence-electron chi connectivity index (χ3n) is 2.35. The fourth-order valence-corrected chi connectivity index (χ4v) is 1.57. The number of hydrogen-bond acceptors (Lipinski definition) is 3. The topological polar surface area (TPSA) is 44.5 Å². The normalized spacial score (nSPS) is 13.4. The fourth-order valence-electron chi connectivity index (χ4n) is 1.57. The lowest BCUT2D eigenvalue weighted by atomic mass is 10.1. The molecule has 18 heavy (non-hydrogen) atoms. The standard InChI is InChI=1S/C12H16F3NO2/c1-8(7-17-2)18-10-4-3-9(6-16)11(5-10)12(13,14)15/h3-5,8H,6-7,16H2,1-2H3. The summed E-state index contributed by atoms with van der Waals surface area (Å²) in [4.78, 5) is 0.